The van der Waals surface area contributed by atoms with E-state index in [-0.39, 0.29) is 36.2 Å². The van der Waals surface area contributed by atoms with Crippen molar-refractivity contribution in [2.75, 3.05) is 19.6 Å². The fraction of sp³-hybridized carbons (Fsp3) is 0.818. The molecule has 2 rings (SSSR count). The quantitative estimate of drug-likeness (QED) is 0.685. The number of carbonyl (C=O) groups is 2. The fourth-order valence-electron chi connectivity index (χ4n) is 2.34. The Morgan fingerprint density at radius 2 is 2.06 bits per heavy atom. The average molecular weight is 262 g/mol. The molecule has 0 aliphatic carbocycles. The molecular formula is C11H20ClN3O2. The van der Waals surface area contributed by atoms with Crippen molar-refractivity contribution in [3.05, 3.63) is 0 Å². The maximum absolute atomic E-state index is 12.2. The predicted molar refractivity (Wildman–Crippen MR) is 67.0 cm³/mol. The van der Waals surface area contributed by atoms with Gasteiger partial charge in [-0.1, -0.05) is 0 Å². The number of carbonyl (C=O) groups excluding carboxylic acids is 2. The van der Waals surface area contributed by atoms with E-state index < -0.39 is 0 Å². The molecule has 98 valence electrons. The van der Waals surface area contributed by atoms with Crippen LogP contribution in [0.3, 0.4) is 0 Å². The van der Waals surface area contributed by atoms with E-state index in [1.807, 2.05) is 11.8 Å². The molecule has 2 heterocycles. The van der Waals surface area contributed by atoms with Gasteiger partial charge in [-0.15, -0.1) is 12.4 Å². The van der Waals surface area contributed by atoms with Crippen molar-refractivity contribution >= 4 is 24.2 Å². The molecule has 6 heteroatoms. The topological polar surface area (TPSA) is 61.4 Å². The number of halogens is 1. The van der Waals surface area contributed by atoms with Gasteiger partial charge in [0.05, 0.1) is 5.92 Å². The number of nitrogens with zero attached hydrogens (tertiary/aromatic N) is 1. The van der Waals surface area contributed by atoms with Crippen LogP contribution in [0.5, 0.6) is 0 Å². The molecule has 0 saturated carbocycles. The Morgan fingerprint density at radius 3 is 2.65 bits per heavy atom. The molecule has 0 aromatic heterocycles. The van der Waals surface area contributed by atoms with Gasteiger partial charge >= 0.3 is 0 Å². The number of rotatable bonds is 1. The molecule has 0 bridgehead atoms. The molecule has 2 fully saturated rings. The summed E-state index contributed by atoms with van der Waals surface area (Å²) in [5.74, 6) is -0.0337. The highest BCUT2D eigenvalue weighted by Gasteiger charge is 2.35. The van der Waals surface area contributed by atoms with E-state index in [2.05, 4.69) is 17.6 Å². The Labute approximate surface area is 108 Å². The minimum atomic E-state index is -0.153. The lowest BCUT2D eigenvalue weighted by atomic mass is 10.0. The lowest BCUT2D eigenvalue weighted by Gasteiger charge is -2.38. The van der Waals surface area contributed by atoms with Crippen molar-refractivity contribution in [2.24, 2.45) is 5.92 Å². The number of hydrogen-bond donors (Lipinski definition) is 2. The SMILES string of the molecule is CC1CN(C(=O)C2CNC(=O)C2)C(C)CN1.Cl. The Hall–Kier alpha value is -0.810. The van der Waals surface area contributed by atoms with Gasteiger partial charge in [0.25, 0.3) is 0 Å². The van der Waals surface area contributed by atoms with Crippen molar-refractivity contribution in [3.63, 3.8) is 0 Å². The van der Waals surface area contributed by atoms with Crippen LogP contribution in [0.1, 0.15) is 20.3 Å². The molecule has 0 radical (unpaired) electrons. The number of hydrogen-bond acceptors (Lipinski definition) is 3. The summed E-state index contributed by atoms with van der Waals surface area (Å²) in [6.45, 7) is 6.19. The molecule has 3 unspecified atom stereocenters. The first kappa shape index (κ1) is 14.3. The lowest BCUT2D eigenvalue weighted by molar-refractivity contribution is -0.139. The third-order valence-electron chi connectivity index (χ3n) is 3.37. The van der Waals surface area contributed by atoms with Gasteiger partial charge in [0.2, 0.25) is 11.8 Å². The lowest BCUT2D eigenvalue weighted by Crippen LogP contribution is -2.57. The largest absolute Gasteiger partial charge is 0.355 e. The van der Waals surface area contributed by atoms with Gasteiger partial charge in [-0.3, -0.25) is 9.59 Å². The van der Waals surface area contributed by atoms with E-state index in [0.29, 0.717) is 19.0 Å². The summed E-state index contributed by atoms with van der Waals surface area (Å²) in [4.78, 5) is 25.2. The maximum atomic E-state index is 12.2. The first-order valence-electron chi connectivity index (χ1n) is 5.88. The van der Waals surface area contributed by atoms with E-state index in [4.69, 9.17) is 0 Å². The minimum Gasteiger partial charge on any atom is -0.355 e. The zero-order valence-electron chi connectivity index (χ0n) is 10.2. The molecule has 2 saturated heterocycles. The third kappa shape index (κ3) is 3.10. The van der Waals surface area contributed by atoms with Crippen LogP contribution >= 0.6 is 12.4 Å². The van der Waals surface area contributed by atoms with Crippen LogP contribution in [0.2, 0.25) is 0 Å². The van der Waals surface area contributed by atoms with Crippen molar-refractivity contribution < 1.29 is 9.59 Å². The highest BCUT2D eigenvalue weighted by atomic mass is 35.5. The summed E-state index contributed by atoms with van der Waals surface area (Å²) in [6, 6.07) is 0.560. The molecule has 0 aromatic rings. The predicted octanol–water partition coefficient (Wildman–Crippen LogP) is -0.247. The van der Waals surface area contributed by atoms with Gasteiger partial charge < -0.3 is 15.5 Å². The Morgan fingerprint density at radius 1 is 1.35 bits per heavy atom. The van der Waals surface area contributed by atoms with Crippen LogP contribution < -0.4 is 10.6 Å². The summed E-state index contributed by atoms with van der Waals surface area (Å²) in [6.07, 6.45) is 0.351. The molecule has 5 nitrogen and oxygen atoms in total. The number of nitrogens with one attached hydrogen (secondary N) is 2. The van der Waals surface area contributed by atoms with Gasteiger partial charge in [0, 0.05) is 38.1 Å². The highest BCUT2D eigenvalue weighted by molar-refractivity contribution is 5.89. The molecule has 2 aliphatic rings. The zero-order valence-corrected chi connectivity index (χ0v) is 11.0. The monoisotopic (exact) mass is 261 g/mol. The van der Waals surface area contributed by atoms with E-state index >= 15 is 0 Å². The molecule has 17 heavy (non-hydrogen) atoms. The van der Waals surface area contributed by atoms with Crippen LogP contribution in [-0.2, 0) is 9.59 Å². The Kier molecular flexibility index (Phi) is 4.77. The number of piperazine rings is 1. The van der Waals surface area contributed by atoms with E-state index in [1.54, 1.807) is 0 Å². The third-order valence-corrected chi connectivity index (χ3v) is 3.37. The molecular weight excluding hydrogens is 242 g/mol. The zero-order chi connectivity index (χ0) is 11.7. The second kappa shape index (κ2) is 5.69. The normalized spacial score (nSPS) is 32.9. The molecule has 3 atom stereocenters. The summed E-state index contributed by atoms with van der Waals surface area (Å²) in [5, 5.41) is 6.05. The van der Waals surface area contributed by atoms with Crippen molar-refractivity contribution in [2.45, 2.75) is 32.4 Å². The first-order chi connectivity index (χ1) is 7.58. The summed E-state index contributed by atoms with van der Waals surface area (Å²) in [5.41, 5.74) is 0. The molecule has 0 spiro atoms. The summed E-state index contributed by atoms with van der Waals surface area (Å²) < 4.78 is 0. The highest BCUT2D eigenvalue weighted by Crippen LogP contribution is 2.16. The van der Waals surface area contributed by atoms with Crippen LogP contribution in [0.25, 0.3) is 0 Å². The summed E-state index contributed by atoms with van der Waals surface area (Å²) in [7, 11) is 0. The van der Waals surface area contributed by atoms with E-state index in [0.717, 1.165) is 13.1 Å². The second-order valence-electron chi connectivity index (χ2n) is 4.85. The van der Waals surface area contributed by atoms with Crippen molar-refractivity contribution in [1.82, 2.24) is 15.5 Å². The average Bonchev–Trinajstić information content (AvgIpc) is 2.67. The fourth-order valence-corrected chi connectivity index (χ4v) is 2.34. The van der Waals surface area contributed by atoms with E-state index in [9.17, 15) is 9.59 Å². The van der Waals surface area contributed by atoms with Gasteiger partial charge in [0.15, 0.2) is 0 Å². The van der Waals surface area contributed by atoms with Crippen molar-refractivity contribution in [1.29, 1.82) is 0 Å². The van der Waals surface area contributed by atoms with Gasteiger partial charge in [-0.05, 0) is 13.8 Å². The van der Waals surface area contributed by atoms with E-state index in [1.165, 1.54) is 0 Å². The van der Waals surface area contributed by atoms with Crippen molar-refractivity contribution in [3.8, 4) is 0 Å². The van der Waals surface area contributed by atoms with Gasteiger partial charge in [-0.2, -0.15) is 0 Å². The minimum absolute atomic E-state index is 0. The second-order valence-corrected chi connectivity index (χ2v) is 4.85. The molecule has 2 amide bonds. The summed E-state index contributed by atoms with van der Waals surface area (Å²) >= 11 is 0. The Balaban J connectivity index is 0.00000144. The van der Waals surface area contributed by atoms with Gasteiger partial charge in [-0.25, -0.2) is 0 Å². The first-order valence-corrected chi connectivity index (χ1v) is 5.88. The van der Waals surface area contributed by atoms with Crippen LogP contribution in [0.15, 0.2) is 0 Å². The number of amides is 2. The molecule has 2 N–H and O–H groups in total. The van der Waals surface area contributed by atoms with Gasteiger partial charge in [0.1, 0.15) is 0 Å². The van der Waals surface area contributed by atoms with Crippen LogP contribution in [0, 0.1) is 5.92 Å². The standard InChI is InChI=1S/C11H19N3O2.ClH/c1-7-6-14(8(2)4-12-7)11(16)9-3-10(15)13-5-9;/h7-9,12H,3-6H2,1-2H3,(H,13,15);1H. The molecule has 2 aliphatic heterocycles. The maximum Gasteiger partial charge on any atom is 0.228 e. The van der Waals surface area contributed by atoms with Crippen LogP contribution in [-0.4, -0.2) is 48.4 Å². The smallest absolute Gasteiger partial charge is 0.228 e. The van der Waals surface area contributed by atoms with Crippen LogP contribution in [0.4, 0.5) is 0 Å². The molecule has 0 aromatic carbocycles. The Bertz CT molecular complexity index is 311.